The molecule has 0 amide bonds. The van der Waals surface area contributed by atoms with Crippen molar-refractivity contribution in [2.45, 2.75) is 31.3 Å². The van der Waals surface area contributed by atoms with Gasteiger partial charge in [-0.05, 0) is 25.3 Å². The minimum absolute atomic E-state index is 0.188. The van der Waals surface area contributed by atoms with Crippen LogP contribution in [0.25, 0.3) is 0 Å². The summed E-state index contributed by atoms with van der Waals surface area (Å²) in [6.07, 6.45) is 5.47. The number of hydrogen-bond acceptors (Lipinski definition) is 4. The van der Waals surface area contributed by atoms with Crippen molar-refractivity contribution in [1.29, 1.82) is 0 Å². The van der Waals surface area contributed by atoms with Crippen molar-refractivity contribution in [3.63, 3.8) is 0 Å². The smallest absolute Gasteiger partial charge is 0.162 e. The number of benzene rings is 1. The highest BCUT2D eigenvalue weighted by atomic mass is 19.2. The van der Waals surface area contributed by atoms with E-state index in [1.807, 2.05) is 4.90 Å². The standard InChI is InChI=1S/C20H23F3N2O2/c21-14-2-1-3-15(10-14)27-19-12-17(23)16(22)11-18(19)25-7-4-20(5-8-25)13-24-6-9-26-20/h3,10-12,24H,1-2,4-9,13H2. The van der Waals surface area contributed by atoms with Crippen molar-refractivity contribution in [3.8, 4) is 5.75 Å². The first kappa shape index (κ1) is 18.4. The zero-order chi connectivity index (χ0) is 18.9. The third-order valence-corrected chi connectivity index (χ3v) is 5.41. The predicted octanol–water partition coefficient (Wildman–Crippen LogP) is 3.83. The van der Waals surface area contributed by atoms with Gasteiger partial charge in [-0.1, -0.05) is 0 Å². The zero-order valence-corrected chi connectivity index (χ0v) is 15.1. The first-order chi connectivity index (χ1) is 13.0. The summed E-state index contributed by atoms with van der Waals surface area (Å²) in [5, 5.41) is 3.36. The summed E-state index contributed by atoms with van der Waals surface area (Å²) >= 11 is 0. The molecule has 0 aromatic heterocycles. The quantitative estimate of drug-likeness (QED) is 0.864. The Morgan fingerprint density at radius 2 is 1.89 bits per heavy atom. The molecule has 2 saturated heterocycles. The minimum Gasteiger partial charge on any atom is -0.455 e. The van der Waals surface area contributed by atoms with Crippen LogP contribution in [0.2, 0.25) is 0 Å². The number of hydrogen-bond donors (Lipinski definition) is 1. The van der Waals surface area contributed by atoms with Crippen LogP contribution in [0, 0.1) is 11.6 Å². The highest BCUT2D eigenvalue weighted by Gasteiger charge is 2.37. The SMILES string of the molecule is FC1=CC(Oc2cc(F)c(F)cc2N2CCC3(CC2)CNCCO3)=CCC1. The lowest BCUT2D eigenvalue weighted by Gasteiger charge is -2.45. The molecule has 3 aliphatic rings. The lowest BCUT2D eigenvalue weighted by atomic mass is 9.89. The summed E-state index contributed by atoms with van der Waals surface area (Å²) in [5.41, 5.74) is 0.291. The number of rotatable bonds is 3. The number of morpholine rings is 1. The van der Waals surface area contributed by atoms with Crippen LogP contribution in [0.1, 0.15) is 25.7 Å². The van der Waals surface area contributed by atoms with E-state index in [0.29, 0.717) is 44.0 Å². The number of allylic oxidation sites excluding steroid dienone is 3. The van der Waals surface area contributed by atoms with E-state index >= 15 is 0 Å². The van der Waals surface area contributed by atoms with Gasteiger partial charge in [0.1, 0.15) is 11.6 Å². The van der Waals surface area contributed by atoms with Gasteiger partial charge in [0.25, 0.3) is 0 Å². The van der Waals surface area contributed by atoms with E-state index < -0.39 is 11.6 Å². The molecule has 0 atom stereocenters. The van der Waals surface area contributed by atoms with Crippen LogP contribution in [0.4, 0.5) is 18.9 Å². The van der Waals surface area contributed by atoms with Gasteiger partial charge in [-0.15, -0.1) is 0 Å². The maximum absolute atomic E-state index is 13.9. The number of anilines is 1. The molecule has 4 nitrogen and oxygen atoms in total. The van der Waals surface area contributed by atoms with Gasteiger partial charge in [0.05, 0.1) is 17.9 Å². The van der Waals surface area contributed by atoms with E-state index in [0.717, 1.165) is 38.1 Å². The number of ether oxygens (including phenoxy) is 2. The summed E-state index contributed by atoms with van der Waals surface area (Å²) in [6.45, 7) is 3.63. The monoisotopic (exact) mass is 380 g/mol. The van der Waals surface area contributed by atoms with Crippen LogP contribution in [-0.4, -0.2) is 38.4 Å². The zero-order valence-electron chi connectivity index (χ0n) is 15.1. The molecule has 4 rings (SSSR count). The molecule has 1 spiro atoms. The van der Waals surface area contributed by atoms with E-state index in [-0.39, 0.29) is 17.2 Å². The summed E-state index contributed by atoms with van der Waals surface area (Å²) in [4.78, 5) is 1.98. The van der Waals surface area contributed by atoms with Crippen molar-refractivity contribution in [2.75, 3.05) is 37.7 Å². The molecule has 0 saturated carbocycles. The highest BCUT2D eigenvalue weighted by molar-refractivity contribution is 5.60. The van der Waals surface area contributed by atoms with Crippen LogP contribution < -0.4 is 15.0 Å². The second-order valence-corrected chi connectivity index (χ2v) is 7.27. The Balaban J connectivity index is 1.55. The Labute approximate surface area is 156 Å². The molecule has 1 N–H and O–H groups in total. The molecule has 27 heavy (non-hydrogen) atoms. The predicted molar refractivity (Wildman–Crippen MR) is 96.5 cm³/mol. The number of halogens is 3. The van der Waals surface area contributed by atoms with E-state index in [9.17, 15) is 13.2 Å². The van der Waals surface area contributed by atoms with E-state index in [2.05, 4.69) is 5.32 Å². The Morgan fingerprint density at radius 3 is 2.59 bits per heavy atom. The lowest BCUT2D eigenvalue weighted by molar-refractivity contribution is -0.0800. The third-order valence-electron chi connectivity index (χ3n) is 5.41. The van der Waals surface area contributed by atoms with Gasteiger partial charge in [-0.3, -0.25) is 0 Å². The summed E-state index contributed by atoms with van der Waals surface area (Å²) in [6, 6.07) is 2.20. The molecular formula is C20H23F3N2O2. The first-order valence-corrected chi connectivity index (χ1v) is 9.37. The normalized spacial score (nSPS) is 22.4. The van der Waals surface area contributed by atoms with Gasteiger partial charge in [0.2, 0.25) is 0 Å². The Kier molecular flexibility index (Phi) is 5.14. The first-order valence-electron chi connectivity index (χ1n) is 9.37. The Morgan fingerprint density at radius 1 is 1.11 bits per heavy atom. The molecule has 146 valence electrons. The van der Waals surface area contributed by atoms with Crippen LogP contribution >= 0.6 is 0 Å². The summed E-state index contributed by atoms with van der Waals surface area (Å²) in [5.74, 6) is -1.67. The maximum atomic E-state index is 13.9. The van der Waals surface area contributed by atoms with E-state index in [1.54, 1.807) is 6.08 Å². The second kappa shape index (κ2) is 7.56. The van der Waals surface area contributed by atoms with Crippen molar-refractivity contribution in [1.82, 2.24) is 5.32 Å². The average molecular weight is 380 g/mol. The molecule has 1 aromatic carbocycles. The number of piperidine rings is 1. The fourth-order valence-corrected chi connectivity index (χ4v) is 3.87. The van der Waals surface area contributed by atoms with Crippen LogP contribution in [0.15, 0.2) is 35.9 Å². The fourth-order valence-electron chi connectivity index (χ4n) is 3.87. The Hall–Kier alpha value is -1.99. The van der Waals surface area contributed by atoms with Gasteiger partial charge in [0, 0.05) is 50.8 Å². The minimum atomic E-state index is -0.983. The van der Waals surface area contributed by atoms with Crippen molar-refractivity contribution in [3.05, 3.63) is 47.5 Å². The molecule has 1 aliphatic carbocycles. The van der Waals surface area contributed by atoms with Gasteiger partial charge >= 0.3 is 0 Å². The van der Waals surface area contributed by atoms with Gasteiger partial charge in [-0.2, -0.15) is 0 Å². The molecule has 2 heterocycles. The summed E-state index contributed by atoms with van der Waals surface area (Å²) < 4.78 is 53.0. The summed E-state index contributed by atoms with van der Waals surface area (Å²) in [7, 11) is 0. The topological polar surface area (TPSA) is 33.7 Å². The molecular weight excluding hydrogens is 357 g/mol. The van der Waals surface area contributed by atoms with E-state index in [4.69, 9.17) is 9.47 Å². The molecule has 7 heteroatoms. The molecule has 0 bridgehead atoms. The molecule has 1 aromatic rings. The van der Waals surface area contributed by atoms with Gasteiger partial charge in [-0.25, -0.2) is 13.2 Å². The lowest BCUT2D eigenvalue weighted by Crippen LogP contribution is -2.55. The maximum Gasteiger partial charge on any atom is 0.162 e. The largest absolute Gasteiger partial charge is 0.455 e. The highest BCUT2D eigenvalue weighted by Crippen LogP contribution is 2.37. The van der Waals surface area contributed by atoms with Crippen LogP contribution in [-0.2, 0) is 4.74 Å². The molecule has 2 aliphatic heterocycles. The van der Waals surface area contributed by atoms with Crippen molar-refractivity contribution in [2.24, 2.45) is 0 Å². The van der Waals surface area contributed by atoms with Crippen LogP contribution in [0.3, 0.4) is 0 Å². The Bertz CT molecular complexity index is 763. The fraction of sp³-hybridized carbons (Fsp3) is 0.500. The van der Waals surface area contributed by atoms with Crippen molar-refractivity contribution < 1.29 is 22.6 Å². The number of nitrogens with one attached hydrogen (secondary N) is 1. The molecule has 2 fully saturated rings. The molecule has 0 unspecified atom stereocenters. The average Bonchev–Trinajstić information content (AvgIpc) is 2.66. The second-order valence-electron chi connectivity index (χ2n) is 7.27. The number of nitrogens with zero attached hydrogens (tertiary/aromatic N) is 1. The third kappa shape index (κ3) is 3.99. The van der Waals surface area contributed by atoms with Crippen LogP contribution in [0.5, 0.6) is 5.75 Å². The van der Waals surface area contributed by atoms with Gasteiger partial charge < -0.3 is 19.7 Å². The van der Waals surface area contributed by atoms with E-state index in [1.165, 1.54) is 6.08 Å². The van der Waals surface area contributed by atoms with Crippen molar-refractivity contribution >= 4 is 5.69 Å². The molecule has 0 radical (unpaired) electrons. The van der Waals surface area contributed by atoms with Gasteiger partial charge in [0.15, 0.2) is 17.4 Å².